The molecule has 0 radical (unpaired) electrons. The van der Waals surface area contributed by atoms with E-state index >= 15 is 0 Å². The third-order valence-corrected chi connectivity index (χ3v) is 6.85. The number of aromatic nitrogens is 1. The molecule has 2 aromatic heterocycles. The summed E-state index contributed by atoms with van der Waals surface area (Å²) in [5, 5.41) is 2.07. The molecular formula is C15H11ClN2O4S3. The van der Waals surface area contributed by atoms with Gasteiger partial charge in [0.2, 0.25) is 0 Å². The monoisotopic (exact) mass is 414 g/mol. The van der Waals surface area contributed by atoms with Crippen molar-refractivity contribution in [2.75, 3.05) is 17.9 Å². The maximum Gasteiger partial charge on any atom is 0.263 e. The Hall–Kier alpha value is -1.81. The van der Waals surface area contributed by atoms with Crippen LogP contribution in [0.25, 0.3) is 10.6 Å². The van der Waals surface area contributed by atoms with Crippen LogP contribution in [0.4, 0.5) is 5.13 Å². The standard InChI is InChI=1S/C15H11ClN2O4S3/c16-14-4-3-13(24-14)10-8-23-15(17-10)18-25(19,20)9-1-2-11-12(7-9)22-6-5-21-11/h1-4,7-8H,5-6H2,(H,17,18). The van der Waals surface area contributed by atoms with E-state index in [0.717, 1.165) is 4.88 Å². The molecule has 6 nitrogen and oxygen atoms in total. The molecule has 10 heteroatoms. The Labute approximate surface area is 157 Å². The van der Waals surface area contributed by atoms with Gasteiger partial charge in [-0.05, 0) is 24.3 Å². The maximum absolute atomic E-state index is 12.6. The van der Waals surface area contributed by atoms with Gasteiger partial charge in [0.15, 0.2) is 16.6 Å². The summed E-state index contributed by atoms with van der Waals surface area (Å²) in [6.45, 7) is 0.842. The highest BCUT2D eigenvalue weighted by molar-refractivity contribution is 7.93. The Morgan fingerprint density at radius 1 is 1.12 bits per heavy atom. The number of halogens is 1. The average Bonchev–Trinajstić information content (AvgIpc) is 3.23. The first-order valence-corrected chi connectivity index (χ1v) is 10.7. The van der Waals surface area contributed by atoms with Crippen LogP contribution in [-0.4, -0.2) is 26.6 Å². The van der Waals surface area contributed by atoms with Gasteiger partial charge in [-0.3, -0.25) is 4.72 Å². The smallest absolute Gasteiger partial charge is 0.263 e. The molecule has 0 aliphatic carbocycles. The van der Waals surface area contributed by atoms with Crippen LogP contribution in [0.1, 0.15) is 0 Å². The van der Waals surface area contributed by atoms with Crippen LogP contribution in [0.3, 0.4) is 0 Å². The lowest BCUT2D eigenvalue weighted by Crippen LogP contribution is -2.17. The number of sulfonamides is 1. The molecule has 0 fully saturated rings. The van der Waals surface area contributed by atoms with E-state index in [4.69, 9.17) is 21.1 Å². The zero-order valence-electron chi connectivity index (χ0n) is 12.6. The van der Waals surface area contributed by atoms with Crippen molar-refractivity contribution >= 4 is 49.4 Å². The zero-order chi connectivity index (χ0) is 17.4. The van der Waals surface area contributed by atoms with Crippen molar-refractivity contribution in [3.05, 3.63) is 40.0 Å². The SMILES string of the molecule is O=S(=O)(Nc1nc(-c2ccc(Cl)s2)cs1)c1ccc2c(c1)OCCO2. The van der Waals surface area contributed by atoms with Crippen molar-refractivity contribution in [1.29, 1.82) is 0 Å². The Kier molecular flexibility index (Phi) is 4.32. The van der Waals surface area contributed by atoms with Crippen molar-refractivity contribution in [3.8, 4) is 22.1 Å². The van der Waals surface area contributed by atoms with Crippen LogP contribution < -0.4 is 14.2 Å². The quantitative estimate of drug-likeness (QED) is 0.695. The molecule has 1 aliphatic rings. The molecule has 1 aliphatic heterocycles. The predicted molar refractivity (Wildman–Crippen MR) is 98.7 cm³/mol. The van der Waals surface area contributed by atoms with E-state index in [2.05, 4.69) is 9.71 Å². The molecule has 0 saturated carbocycles. The molecule has 1 N–H and O–H groups in total. The number of hydrogen-bond acceptors (Lipinski definition) is 7. The van der Waals surface area contributed by atoms with Gasteiger partial charge in [-0.2, -0.15) is 0 Å². The van der Waals surface area contributed by atoms with E-state index in [1.165, 1.54) is 34.8 Å². The fourth-order valence-electron chi connectivity index (χ4n) is 2.25. The van der Waals surface area contributed by atoms with Gasteiger partial charge in [0.1, 0.15) is 13.2 Å². The second-order valence-electron chi connectivity index (χ2n) is 5.05. The first kappa shape index (κ1) is 16.6. The van der Waals surface area contributed by atoms with Crippen molar-refractivity contribution in [3.63, 3.8) is 0 Å². The lowest BCUT2D eigenvalue weighted by atomic mass is 10.3. The highest BCUT2D eigenvalue weighted by Gasteiger charge is 2.21. The lowest BCUT2D eigenvalue weighted by molar-refractivity contribution is 0.171. The summed E-state index contributed by atoms with van der Waals surface area (Å²) in [5.74, 6) is 0.957. The first-order valence-electron chi connectivity index (χ1n) is 7.15. The van der Waals surface area contributed by atoms with Gasteiger partial charge in [0, 0.05) is 11.4 Å². The normalized spacial score (nSPS) is 13.6. The third-order valence-electron chi connectivity index (χ3n) is 3.38. The number of thiophene rings is 1. The largest absolute Gasteiger partial charge is 0.486 e. The molecule has 0 atom stereocenters. The summed E-state index contributed by atoms with van der Waals surface area (Å²) < 4.78 is 39.1. The second kappa shape index (κ2) is 6.49. The highest BCUT2D eigenvalue weighted by atomic mass is 35.5. The third kappa shape index (κ3) is 3.45. The maximum atomic E-state index is 12.6. The first-order chi connectivity index (χ1) is 12.0. The van der Waals surface area contributed by atoms with Crippen LogP contribution >= 0.6 is 34.3 Å². The van der Waals surface area contributed by atoms with Crippen molar-refractivity contribution < 1.29 is 17.9 Å². The molecule has 0 unspecified atom stereocenters. The molecule has 0 saturated heterocycles. The van der Waals surface area contributed by atoms with Crippen LogP contribution in [0, 0.1) is 0 Å². The van der Waals surface area contributed by atoms with E-state index in [9.17, 15) is 8.42 Å². The summed E-state index contributed by atoms with van der Waals surface area (Å²) in [4.78, 5) is 5.29. The Morgan fingerprint density at radius 3 is 2.68 bits per heavy atom. The Bertz CT molecular complexity index is 1030. The zero-order valence-corrected chi connectivity index (χ0v) is 15.8. The van der Waals surface area contributed by atoms with Crippen LogP contribution in [0.5, 0.6) is 11.5 Å². The molecule has 25 heavy (non-hydrogen) atoms. The molecule has 4 rings (SSSR count). The fraction of sp³-hybridized carbons (Fsp3) is 0.133. The van der Waals surface area contributed by atoms with Gasteiger partial charge >= 0.3 is 0 Å². The number of nitrogens with zero attached hydrogens (tertiary/aromatic N) is 1. The van der Waals surface area contributed by atoms with E-state index in [-0.39, 0.29) is 10.0 Å². The summed E-state index contributed by atoms with van der Waals surface area (Å²) in [7, 11) is -3.77. The molecular weight excluding hydrogens is 404 g/mol. The Morgan fingerprint density at radius 2 is 1.92 bits per heavy atom. The number of benzene rings is 1. The fourth-order valence-corrected chi connectivity index (χ4v) is 5.31. The van der Waals surface area contributed by atoms with Gasteiger partial charge < -0.3 is 9.47 Å². The number of thiazole rings is 1. The summed E-state index contributed by atoms with van der Waals surface area (Å²) >= 11 is 8.52. The van der Waals surface area contributed by atoms with Gasteiger partial charge in [-0.25, -0.2) is 13.4 Å². The van der Waals surface area contributed by atoms with E-state index in [1.807, 2.05) is 6.07 Å². The van der Waals surface area contributed by atoms with Crippen LogP contribution in [-0.2, 0) is 10.0 Å². The molecule has 1 aromatic carbocycles. The minimum absolute atomic E-state index is 0.0904. The van der Waals surface area contributed by atoms with Crippen molar-refractivity contribution in [1.82, 2.24) is 4.98 Å². The van der Waals surface area contributed by atoms with Gasteiger partial charge in [-0.15, -0.1) is 22.7 Å². The van der Waals surface area contributed by atoms with Crippen LogP contribution in [0.15, 0.2) is 40.6 Å². The molecule has 3 heterocycles. The van der Waals surface area contributed by atoms with Gasteiger partial charge in [0.25, 0.3) is 10.0 Å². The van der Waals surface area contributed by atoms with Crippen molar-refractivity contribution in [2.24, 2.45) is 0 Å². The molecule has 0 amide bonds. The van der Waals surface area contributed by atoms with Crippen molar-refractivity contribution in [2.45, 2.75) is 4.90 Å². The number of hydrogen-bond donors (Lipinski definition) is 1. The van der Waals surface area contributed by atoms with E-state index in [0.29, 0.717) is 34.7 Å². The van der Waals surface area contributed by atoms with E-state index in [1.54, 1.807) is 17.5 Å². The topological polar surface area (TPSA) is 77.5 Å². The number of rotatable bonds is 4. The number of fused-ring (bicyclic) bond motifs is 1. The van der Waals surface area contributed by atoms with Crippen LogP contribution in [0.2, 0.25) is 4.34 Å². The minimum atomic E-state index is -3.77. The predicted octanol–water partition coefficient (Wildman–Crippen LogP) is 4.10. The van der Waals surface area contributed by atoms with E-state index < -0.39 is 10.0 Å². The number of anilines is 1. The molecule has 0 spiro atoms. The minimum Gasteiger partial charge on any atom is -0.486 e. The summed E-state index contributed by atoms with van der Waals surface area (Å²) in [6.07, 6.45) is 0. The second-order valence-corrected chi connectivity index (χ2v) is 9.31. The summed E-state index contributed by atoms with van der Waals surface area (Å²) in [6, 6.07) is 8.14. The molecule has 3 aromatic rings. The highest BCUT2D eigenvalue weighted by Crippen LogP contribution is 2.35. The Balaban J connectivity index is 1.58. The number of nitrogens with one attached hydrogen (secondary N) is 1. The summed E-state index contributed by atoms with van der Waals surface area (Å²) in [5.41, 5.74) is 0.682. The van der Waals surface area contributed by atoms with Gasteiger partial charge in [0.05, 0.1) is 19.8 Å². The lowest BCUT2D eigenvalue weighted by Gasteiger charge is -2.18. The molecule has 0 bridgehead atoms. The molecule has 130 valence electrons. The number of ether oxygens (including phenoxy) is 2. The average molecular weight is 415 g/mol. The van der Waals surface area contributed by atoms with Gasteiger partial charge in [-0.1, -0.05) is 11.6 Å².